The molecule has 0 radical (unpaired) electrons. The van der Waals surface area contributed by atoms with Gasteiger partial charge in [-0.3, -0.25) is 14.4 Å². The molecule has 4 rings (SSSR count). The number of carbonyl (C=O) groups excluding carboxylic acids is 2. The predicted molar refractivity (Wildman–Crippen MR) is 142 cm³/mol. The lowest BCUT2D eigenvalue weighted by Gasteiger charge is -2.28. The Morgan fingerprint density at radius 3 is 2.37 bits per heavy atom. The second-order valence-corrected chi connectivity index (χ2v) is 9.89. The molecule has 218 valence electrons. The normalized spacial score (nSPS) is 17.1. The summed E-state index contributed by atoms with van der Waals surface area (Å²) in [4.78, 5) is 39.7. The van der Waals surface area contributed by atoms with Crippen molar-refractivity contribution in [3.8, 4) is 17.2 Å². The van der Waals surface area contributed by atoms with Gasteiger partial charge in [0, 0.05) is 25.1 Å². The Morgan fingerprint density at radius 2 is 1.73 bits per heavy atom. The molecule has 41 heavy (non-hydrogen) atoms. The maximum atomic E-state index is 13.6. The molecule has 3 N–H and O–H groups in total. The Balaban J connectivity index is 1.30. The zero-order valence-electron chi connectivity index (χ0n) is 22.3. The van der Waals surface area contributed by atoms with Crippen LogP contribution in [-0.4, -0.2) is 41.5 Å². The fourth-order valence-corrected chi connectivity index (χ4v) is 4.98. The van der Waals surface area contributed by atoms with E-state index < -0.39 is 41.3 Å². The van der Waals surface area contributed by atoms with Gasteiger partial charge in [0.25, 0.3) is 5.91 Å². The average Bonchev–Trinajstić information content (AvgIpc) is 3.40. The van der Waals surface area contributed by atoms with E-state index in [2.05, 4.69) is 15.6 Å². The largest absolute Gasteiger partial charge is 0.496 e. The number of hydrogen-bond acceptors (Lipinski definition) is 6. The van der Waals surface area contributed by atoms with Crippen molar-refractivity contribution in [2.75, 3.05) is 19.0 Å². The lowest BCUT2D eigenvalue weighted by molar-refractivity contribution is -0.153. The summed E-state index contributed by atoms with van der Waals surface area (Å²) in [7, 11) is 1.34. The number of ether oxygens (including phenoxy) is 1. The minimum Gasteiger partial charge on any atom is -0.496 e. The first-order valence-corrected chi connectivity index (χ1v) is 13.2. The number of methoxy groups -OCH3 is 1. The van der Waals surface area contributed by atoms with Crippen LogP contribution in [-0.2, 0) is 15.8 Å². The van der Waals surface area contributed by atoms with E-state index in [0.29, 0.717) is 11.6 Å². The van der Waals surface area contributed by atoms with Gasteiger partial charge >= 0.3 is 12.1 Å². The van der Waals surface area contributed by atoms with Crippen molar-refractivity contribution in [1.29, 1.82) is 0 Å². The van der Waals surface area contributed by atoms with Crippen LogP contribution in [0.2, 0.25) is 0 Å². The van der Waals surface area contributed by atoms with Crippen molar-refractivity contribution in [3.63, 3.8) is 0 Å². The molecule has 1 aromatic heterocycles. The molecule has 1 saturated carbocycles. The molecule has 0 spiro atoms. The number of rotatable bonds is 10. The average molecular weight is 574 g/mol. The smallest absolute Gasteiger partial charge is 0.452 e. The third-order valence-electron chi connectivity index (χ3n) is 7.05. The number of benzene rings is 2. The van der Waals surface area contributed by atoms with Crippen LogP contribution >= 0.6 is 0 Å². The second kappa shape index (κ2) is 12.9. The minimum atomic E-state index is -4.97. The van der Waals surface area contributed by atoms with E-state index in [0.717, 1.165) is 31.2 Å². The molecule has 0 bridgehead atoms. The fraction of sp³-hybridized carbons (Fsp3) is 0.379. The van der Waals surface area contributed by atoms with Gasteiger partial charge in [0.2, 0.25) is 17.6 Å². The van der Waals surface area contributed by atoms with Gasteiger partial charge in [-0.05, 0) is 67.3 Å². The Morgan fingerprint density at radius 1 is 1.05 bits per heavy atom. The van der Waals surface area contributed by atoms with Gasteiger partial charge in [0.05, 0.1) is 12.7 Å². The number of hydrogen-bond donors (Lipinski definition) is 3. The molecule has 0 aliphatic heterocycles. The highest BCUT2D eigenvalue weighted by Gasteiger charge is 2.42. The van der Waals surface area contributed by atoms with E-state index in [1.807, 2.05) is 12.1 Å². The van der Waals surface area contributed by atoms with Crippen molar-refractivity contribution < 1.29 is 41.8 Å². The number of anilines is 1. The van der Waals surface area contributed by atoms with Crippen molar-refractivity contribution >= 4 is 23.5 Å². The third kappa shape index (κ3) is 7.65. The van der Waals surface area contributed by atoms with Crippen LogP contribution in [0.15, 0.2) is 52.9 Å². The number of carboxylic acids is 1. The van der Waals surface area contributed by atoms with E-state index in [1.54, 1.807) is 24.3 Å². The highest BCUT2D eigenvalue weighted by atomic mass is 19.4. The number of aliphatic carboxylic acids is 1. The van der Waals surface area contributed by atoms with Crippen LogP contribution in [0.5, 0.6) is 5.75 Å². The zero-order valence-corrected chi connectivity index (χ0v) is 22.3. The van der Waals surface area contributed by atoms with Crippen molar-refractivity contribution in [1.82, 2.24) is 10.3 Å². The number of aromatic nitrogens is 1. The molecule has 1 fully saturated rings. The summed E-state index contributed by atoms with van der Waals surface area (Å²) in [6.07, 6.45) is -1.41. The number of alkyl halides is 3. The van der Waals surface area contributed by atoms with Crippen LogP contribution in [0, 0.1) is 5.92 Å². The summed E-state index contributed by atoms with van der Waals surface area (Å²) in [6.45, 7) is -0.226. The maximum absolute atomic E-state index is 13.6. The SMILES string of the molecule is COc1ccccc1-c1nc(C(=O)NCCC(=O)Nc2ccc(C3CCC(CC(=O)O)CC3)cc2)c(C(F)(F)F)o1. The lowest BCUT2D eigenvalue weighted by Crippen LogP contribution is -2.29. The highest BCUT2D eigenvalue weighted by molar-refractivity contribution is 5.95. The monoisotopic (exact) mass is 573 g/mol. The van der Waals surface area contributed by atoms with Gasteiger partial charge in [-0.15, -0.1) is 0 Å². The third-order valence-corrected chi connectivity index (χ3v) is 7.05. The molecular weight excluding hydrogens is 543 g/mol. The number of halogens is 3. The number of nitrogens with one attached hydrogen (secondary N) is 2. The van der Waals surface area contributed by atoms with E-state index in [4.69, 9.17) is 14.3 Å². The van der Waals surface area contributed by atoms with Crippen LogP contribution in [0.4, 0.5) is 18.9 Å². The molecule has 1 heterocycles. The van der Waals surface area contributed by atoms with Gasteiger partial charge in [-0.25, -0.2) is 4.98 Å². The van der Waals surface area contributed by atoms with E-state index in [-0.39, 0.29) is 36.6 Å². The molecule has 0 saturated heterocycles. The lowest BCUT2D eigenvalue weighted by atomic mass is 9.77. The van der Waals surface area contributed by atoms with Crippen molar-refractivity contribution in [3.05, 3.63) is 65.5 Å². The van der Waals surface area contributed by atoms with Crippen LogP contribution in [0.25, 0.3) is 11.5 Å². The van der Waals surface area contributed by atoms with Gasteiger partial charge < -0.3 is 24.9 Å². The topological polar surface area (TPSA) is 131 Å². The number of amides is 2. The molecule has 0 unspecified atom stereocenters. The second-order valence-electron chi connectivity index (χ2n) is 9.89. The Kier molecular flexibility index (Phi) is 9.31. The molecule has 9 nitrogen and oxygen atoms in total. The van der Waals surface area contributed by atoms with E-state index in [9.17, 15) is 27.6 Å². The summed E-state index contributed by atoms with van der Waals surface area (Å²) in [5.41, 5.74) is 0.869. The molecule has 0 atom stereocenters. The molecule has 1 aliphatic carbocycles. The molecule has 2 aromatic carbocycles. The highest BCUT2D eigenvalue weighted by Crippen LogP contribution is 2.38. The molecule has 1 aliphatic rings. The van der Waals surface area contributed by atoms with Gasteiger partial charge in [0.15, 0.2) is 5.69 Å². The number of nitrogens with zero attached hydrogens (tertiary/aromatic N) is 1. The van der Waals surface area contributed by atoms with Crippen molar-refractivity contribution in [2.45, 2.75) is 50.6 Å². The summed E-state index contributed by atoms with van der Waals surface area (Å²) >= 11 is 0. The first kappa shape index (κ1) is 29.6. The fourth-order valence-electron chi connectivity index (χ4n) is 4.98. The maximum Gasteiger partial charge on any atom is 0.452 e. The Bertz CT molecular complexity index is 1380. The van der Waals surface area contributed by atoms with E-state index in [1.165, 1.54) is 19.2 Å². The number of carboxylic acid groups (broad SMARTS) is 1. The van der Waals surface area contributed by atoms with Gasteiger partial charge in [-0.2, -0.15) is 13.2 Å². The molecule has 12 heteroatoms. The summed E-state index contributed by atoms with van der Waals surface area (Å²) in [5, 5.41) is 14.0. The summed E-state index contributed by atoms with van der Waals surface area (Å²) in [5.74, 6) is -3.53. The van der Waals surface area contributed by atoms with Crippen LogP contribution in [0.3, 0.4) is 0 Å². The Hall–Kier alpha value is -4.35. The van der Waals surface area contributed by atoms with Gasteiger partial charge in [-0.1, -0.05) is 24.3 Å². The van der Waals surface area contributed by atoms with Crippen LogP contribution in [0.1, 0.15) is 66.3 Å². The quantitative estimate of drug-likeness (QED) is 0.276. The first-order valence-electron chi connectivity index (χ1n) is 13.2. The molecule has 2 amide bonds. The van der Waals surface area contributed by atoms with Gasteiger partial charge in [0.1, 0.15) is 5.75 Å². The number of carbonyl (C=O) groups is 3. The zero-order chi connectivity index (χ0) is 29.6. The molecular formula is C29H30F3N3O6. The van der Waals surface area contributed by atoms with Crippen molar-refractivity contribution in [2.24, 2.45) is 5.92 Å². The number of oxazole rings is 1. The van der Waals surface area contributed by atoms with E-state index >= 15 is 0 Å². The predicted octanol–water partition coefficient (Wildman–Crippen LogP) is 5.88. The van der Waals surface area contributed by atoms with Crippen LogP contribution < -0.4 is 15.4 Å². The minimum absolute atomic E-state index is 0.149. The molecule has 3 aromatic rings. The number of para-hydroxylation sites is 1. The summed E-state index contributed by atoms with van der Waals surface area (Å²) in [6, 6.07) is 13.5. The first-order chi connectivity index (χ1) is 19.5. The summed E-state index contributed by atoms with van der Waals surface area (Å²) < 4.78 is 50.8. The Labute approximate surface area is 234 Å². The standard InChI is InChI=1S/C29H30F3N3O6/c1-40-22-5-3-2-4-21(22)28-35-25(26(41-28)29(30,31)32)27(39)33-15-14-23(36)34-20-12-10-19(11-13-20)18-8-6-17(7-9-18)16-24(37)38/h2-5,10-13,17-18H,6-9,14-16H2,1H3,(H,33,39)(H,34,36)(H,37,38).